The molecule has 0 aromatic carbocycles. The second-order valence-electron chi connectivity index (χ2n) is 3.76. The van der Waals surface area contributed by atoms with Crippen molar-refractivity contribution in [3.05, 3.63) is 0 Å². The van der Waals surface area contributed by atoms with Crippen LogP contribution in [0.2, 0.25) is 0 Å². The Morgan fingerprint density at radius 2 is 2.33 bits per heavy atom. The van der Waals surface area contributed by atoms with Crippen molar-refractivity contribution in [1.29, 1.82) is 0 Å². The number of hydrogen-bond acceptors (Lipinski definition) is 4. The van der Waals surface area contributed by atoms with Crippen LogP contribution in [0.15, 0.2) is 0 Å². The molecule has 0 spiro atoms. The third-order valence-corrected chi connectivity index (χ3v) is 2.62. The van der Waals surface area contributed by atoms with Crippen LogP contribution >= 0.6 is 0 Å². The molecule has 0 amide bonds. The number of carbonyl (C=O) groups is 1. The molecule has 15 heavy (non-hydrogen) atoms. The van der Waals surface area contributed by atoms with Gasteiger partial charge in [-0.3, -0.25) is 9.69 Å². The smallest absolute Gasteiger partial charge is 0.307 e. The molecule has 0 saturated carbocycles. The number of carbonyl (C=O) groups excluding carboxylic acids is 1. The molecule has 1 unspecified atom stereocenters. The van der Waals surface area contributed by atoms with Crippen LogP contribution in [0.4, 0.5) is 0 Å². The Labute approximate surface area is 91.5 Å². The molecular weight excluding hydrogens is 194 g/mol. The Morgan fingerprint density at radius 1 is 1.53 bits per heavy atom. The number of ether oxygens (including phenoxy) is 2. The minimum Gasteiger partial charge on any atom is -0.466 e. The normalized spacial score (nSPS) is 22.7. The Bertz CT molecular complexity index is 196. The van der Waals surface area contributed by atoms with Gasteiger partial charge in [0.15, 0.2) is 0 Å². The summed E-state index contributed by atoms with van der Waals surface area (Å²) < 4.78 is 10.4. The first-order valence-electron chi connectivity index (χ1n) is 5.75. The Balaban J connectivity index is 2.17. The van der Waals surface area contributed by atoms with Gasteiger partial charge in [0, 0.05) is 19.6 Å². The van der Waals surface area contributed by atoms with E-state index in [0.717, 1.165) is 32.7 Å². The van der Waals surface area contributed by atoms with Gasteiger partial charge in [-0.25, -0.2) is 0 Å². The zero-order valence-electron chi connectivity index (χ0n) is 9.70. The van der Waals surface area contributed by atoms with E-state index >= 15 is 0 Å². The first-order valence-corrected chi connectivity index (χ1v) is 5.75. The molecule has 0 radical (unpaired) electrons. The molecule has 4 heteroatoms. The highest BCUT2D eigenvalue weighted by Gasteiger charge is 2.19. The third-order valence-electron chi connectivity index (χ3n) is 2.62. The van der Waals surface area contributed by atoms with Crippen LogP contribution in [-0.4, -0.2) is 49.8 Å². The van der Waals surface area contributed by atoms with Gasteiger partial charge >= 0.3 is 5.97 Å². The average Bonchev–Trinajstić information content (AvgIpc) is 2.27. The van der Waals surface area contributed by atoms with E-state index in [4.69, 9.17) is 9.47 Å². The predicted molar refractivity (Wildman–Crippen MR) is 57.7 cm³/mol. The van der Waals surface area contributed by atoms with Crippen molar-refractivity contribution in [1.82, 2.24) is 4.90 Å². The summed E-state index contributed by atoms with van der Waals surface area (Å²) in [6.07, 6.45) is 1.86. The first-order chi connectivity index (χ1) is 7.26. The molecule has 4 nitrogen and oxygen atoms in total. The van der Waals surface area contributed by atoms with Gasteiger partial charge in [0.1, 0.15) is 0 Å². The molecular formula is C11H21NO3. The van der Waals surface area contributed by atoms with Crippen LogP contribution in [-0.2, 0) is 14.3 Å². The molecule has 1 aliphatic heterocycles. The summed E-state index contributed by atoms with van der Waals surface area (Å²) in [7, 11) is 0. The molecule has 0 bridgehead atoms. The van der Waals surface area contributed by atoms with Crippen LogP contribution in [0.1, 0.15) is 26.7 Å². The lowest BCUT2D eigenvalue weighted by Crippen LogP contribution is -2.43. The van der Waals surface area contributed by atoms with Gasteiger partial charge in [0.05, 0.1) is 25.7 Å². The minimum atomic E-state index is -0.1000. The van der Waals surface area contributed by atoms with Crippen LogP contribution < -0.4 is 0 Å². The second-order valence-corrected chi connectivity index (χ2v) is 3.76. The van der Waals surface area contributed by atoms with Gasteiger partial charge in [0.2, 0.25) is 0 Å². The number of esters is 1. The molecule has 0 aromatic rings. The molecule has 1 saturated heterocycles. The van der Waals surface area contributed by atoms with E-state index in [1.807, 2.05) is 6.92 Å². The van der Waals surface area contributed by atoms with E-state index in [9.17, 15) is 4.79 Å². The fourth-order valence-corrected chi connectivity index (χ4v) is 1.71. The number of nitrogens with zero attached hydrogens (tertiary/aromatic N) is 1. The lowest BCUT2D eigenvalue weighted by Gasteiger charge is -2.32. The highest BCUT2D eigenvalue weighted by Crippen LogP contribution is 2.08. The Morgan fingerprint density at radius 3 is 3.00 bits per heavy atom. The van der Waals surface area contributed by atoms with E-state index in [1.165, 1.54) is 0 Å². The van der Waals surface area contributed by atoms with Crippen LogP contribution in [0.25, 0.3) is 0 Å². The largest absolute Gasteiger partial charge is 0.466 e. The Hall–Kier alpha value is -0.610. The van der Waals surface area contributed by atoms with E-state index < -0.39 is 0 Å². The van der Waals surface area contributed by atoms with Crippen molar-refractivity contribution in [2.24, 2.45) is 0 Å². The lowest BCUT2D eigenvalue weighted by molar-refractivity contribution is -0.143. The van der Waals surface area contributed by atoms with Crippen molar-refractivity contribution in [3.8, 4) is 0 Å². The van der Waals surface area contributed by atoms with Crippen molar-refractivity contribution in [3.63, 3.8) is 0 Å². The van der Waals surface area contributed by atoms with Crippen molar-refractivity contribution >= 4 is 5.97 Å². The van der Waals surface area contributed by atoms with Gasteiger partial charge < -0.3 is 9.47 Å². The van der Waals surface area contributed by atoms with Crippen molar-refractivity contribution in [2.45, 2.75) is 32.8 Å². The van der Waals surface area contributed by atoms with Crippen molar-refractivity contribution < 1.29 is 14.3 Å². The zero-order chi connectivity index (χ0) is 11.1. The summed E-state index contributed by atoms with van der Waals surface area (Å²) in [5.74, 6) is -0.1000. The van der Waals surface area contributed by atoms with E-state index in [1.54, 1.807) is 0 Å². The number of morpholine rings is 1. The lowest BCUT2D eigenvalue weighted by atomic mass is 10.2. The molecule has 1 heterocycles. The second kappa shape index (κ2) is 6.80. The summed E-state index contributed by atoms with van der Waals surface area (Å²) in [5, 5.41) is 0. The molecule has 1 rings (SSSR count). The summed E-state index contributed by atoms with van der Waals surface area (Å²) in [4.78, 5) is 13.4. The Kier molecular flexibility index (Phi) is 5.65. The van der Waals surface area contributed by atoms with Crippen LogP contribution in [0.3, 0.4) is 0 Å². The molecule has 1 aliphatic rings. The standard InChI is InChI=1S/C11H21NO3/c1-3-10-9-12(7-8-15-10)6-5-11(13)14-4-2/h10H,3-9H2,1-2H3. The summed E-state index contributed by atoms with van der Waals surface area (Å²) >= 11 is 0. The quantitative estimate of drug-likeness (QED) is 0.643. The van der Waals surface area contributed by atoms with Crippen LogP contribution in [0.5, 0.6) is 0 Å². The molecule has 0 N–H and O–H groups in total. The van der Waals surface area contributed by atoms with Gasteiger partial charge in [-0.05, 0) is 13.3 Å². The topological polar surface area (TPSA) is 38.8 Å². The molecule has 88 valence electrons. The first kappa shape index (κ1) is 12.5. The average molecular weight is 215 g/mol. The number of rotatable bonds is 5. The van der Waals surface area contributed by atoms with E-state index in [2.05, 4.69) is 11.8 Å². The molecule has 1 atom stereocenters. The maximum absolute atomic E-state index is 11.2. The SMILES string of the molecule is CCOC(=O)CCN1CCOC(CC)C1. The molecule has 1 fully saturated rings. The van der Waals surface area contributed by atoms with E-state index in [-0.39, 0.29) is 5.97 Å². The van der Waals surface area contributed by atoms with Gasteiger partial charge in [-0.15, -0.1) is 0 Å². The molecule has 0 aromatic heterocycles. The third kappa shape index (κ3) is 4.62. The highest BCUT2D eigenvalue weighted by molar-refractivity contribution is 5.69. The fraction of sp³-hybridized carbons (Fsp3) is 0.909. The highest BCUT2D eigenvalue weighted by atomic mass is 16.5. The maximum Gasteiger partial charge on any atom is 0.307 e. The predicted octanol–water partition coefficient (Wildman–Crippen LogP) is 1.05. The van der Waals surface area contributed by atoms with E-state index in [0.29, 0.717) is 19.1 Å². The van der Waals surface area contributed by atoms with Gasteiger partial charge in [-0.1, -0.05) is 6.92 Å². The van der Waals surface area contributed by atoms with Gasteiger partial charge in [-0.2, -0.15) is 0 Å². The maximum atomic E-state index is 11.2. The van der Waals surface area contributed by atoms with Crippen LogP contribution in [0, 0.1) is 0 Å². The minimum absolute atomic E-state index is 0.1000. The summed E-state index contributed by atoms with van der Waals surface area (Å²) in [6.45, 7) is 7.87. The number of hydrogen-bond donors (Lipinski definition) is 0. The summed E-state index contributed by atoms with van der Waals surface area (Å²) in [6, 6.07) is 0. The summed E-state index contributed by atoms with van der Waals surface area (Å²) in [5.41, 5.74) is 0. The zero-order valence-corrected chi connectivity index (χ0v) is 9.70. The fourth-order valence-electron chi connectivity index (χ4n) is 1.71. The monoisotopic (exact) mass is 215 g/mol. The molecule has 0 aliphatic carbocycles. The van der Waals surface area contributed by atoms with Crippen molar-refractivity contribution in [2.75, 3.05) is 32.8 Å². The van der Waals surface area contributed by atoms with Gasteiger partial charge in [0.25, 0.3) is 0 Å².